The number of nitrogens with two attached hydrogens (primary N) is 1. The van der Waals surface area contributed by atoms with Crippen LogP contribution in [0, 0.1) is 0 Å². The third-order valence-corrected chi connectivity index (χ3v) is 4.85. The van der Waals surface area contributed by atoms with Gasteiger partial charge in [0.15, 0.2) is 0 Å². The van der Waals surface area contributed by atoms with Crippen LogP contribution in [0.25, 0.3) is 0 Å². The highest BCUT2D eigenvalue weighted by Gasteiger charge is 2.34. The van der Waals surface area contributed by atoms with Crippen molar-refractivity contribution >= 4 is 10.0 Å². The van der Waals surface area contributed by atoms with Crippen molar-refractivity contribution < 1.29 is 8.42 Å². The zero-order chi connectivity index (χ0) is 12.1. The number of sulfonamides is 1. The summed E-state index contributed by atoms with van der Waals surface area (Å²) < 4.78 is 25.0. The van der Waals surface area contributed by atoms with Crippen LogP contribution in [-0.4, -0.2) is 37.1 Å². The molecule has 0 amide bonds. The molecule has 0 aromatic heterocycles. The van der Waals surface area contributed by atoms with E-state index in [1.807, 2.05) is 6.92 Å². The fraction of sp³-hybridized carbons (Fsp3) is 1.00. The van der Waals surface area contributed by atoms with Crippen molar-refractivity contribution in [2.24, 2.45) is 5.73 Å². The molecule has 92 valence electrons. The van der Waals surface area contributed by atoms with Crippen LogP contribution in [0.3, 0.4) is 0 Å². The lowest BCUT2D eigenvalue weighted by Crippen LogP contribution is -2.45. The Hall–Kier alpha value is -0.130. The molecule has 0 rings (SSSR count). The quantitative estimate of drug-likeness (QED) is 0.753. The first-order valence-corrected chi connectivity index (χ1v) is 6.91. The molecule has 0 aliphatic carbocycles. The van der Waals surface area contributed by atoms with Crippen molar-refractivity contribution in [1.82, 2.24) is 4.31 Å². The second kappa shape index (κ2) is 5.82. The second-order valence-corrected chi connectivity index (χ2v) is 7.35. The maximum absolute atomic E-state index is 12.1. The van der Waals surface area contributed by atoms with Gasteiger partial charge in [-0.25, -0.2) is 12.7 Å². The first-order chi connectivity index (χ1) is 6.77. The average Bonchev–Trinajstić information content (AvgIpc) is 2.10. The van der Waals surface area contributed by atoms with Crippen LogP contribution in [0.5, 0.6) is 0 Å². The van der Waals surface area contributed by atoms with Gasteiger partial charge in [0.2, 0.25) is 10.0 Å². The van der Waals surface area contributed by atoms with E-state index in [-0.39, 0.29) is 0 Å². The monoisotopic (exact) mass is 236 g/mol. The molecule has 0 atom stereocenters. The predicted octanol–water partition coefficient (Wildman–Crippen LogP) is 1.18. The Morgan fingerprint density at radius 2 is 1.73 bits per heavy atom. The van der Waals surface area contributed by atoms with Crippen LogP contribution < -0.4 is 5.73 Å². The minimum absolute atomic E-state index is 0.374. The molecule has 0 saturated heterocycles. The number of unbranched alkanes of at least 4 members (excludes halogenated alkanes) is 1. The summed E-state index contributed by atoms with van der Waals surface area (Å²) in [5.41, 5.74) is 5.43. The Morgan fingerprint density at radius 3 is 2.07 bits per heavy atom. The van der Waals surface area contributed by atoms with E-state index < -0.39 is 14.8 Å². The molecule has 0 aliphatic heterocycles. The molecule has 0 spiro atoms. The third-order valence-electron chi connectivity index (χ3n) is 2.25. The van der Waals surface area contributed by atoms with Gasteiger partial charge < -0.3 is 5.73 Å². The number of hydrogen-bond donors (Lipinski definition) is 1. The molecule has 0 unspecified atom stereocenters. The lowest BCUT2D eigenvalue weighted by atomic mass is 10.3. The Morgan fingerprint density at radius 1 is 1.20 bits per heavy atom. The maximum atomic E-state index is 12.1. The molecule has 0 fully saturated rings. The Kier molecular flexibility index (Phi) is 5.77. The van der Waals surface area contributed by atoms with Gasteiger partial charge in [0.1, 0.15) is 0 Å². The van der Waals surface area contributed by atoms with Gasteiger partial charge in [-0.2, -0.15) is 0 Å². The van der Waals surface area contributed by atoms with Gasteiger partial charge in [-0.05, 0) is 27.2 Å². The van der Waals surface area contributed by atoms with Crippen molar-refractivity contribution in [3.05, 3.63) is 0 Å². The van der Waals surface area contributed by atoms with E-state index in [0.29, 0.717) is 19.6 Å². The molecular formula is C10H24N2O2S. The second-order valence-electron chi connectivity index (χ2n) is 4.66. The molecule has 0 aromatic carbocycles. The fourth-order valence-electron chi connectivity index (χ4n) is 1.22. The Labute approximate surface area is 93.9 Å². The van der Waals surface area contributed by atoms with E-state index in [9.17, 15) is 8.42 Å². The number of hydrogen-bond acceptors (Lipinski definition) is 3. The molecule has 5 heteroatoms. The molecule has 2 N–H and O–H groups in total. The van der Waals surface area contributed by atoms with Gasteiger partial charge in [-0.3, -0.25) is 0 Å². The lowest BCUT2D eigenvalue weighted by Gasteiger charge is -2.29. The van der Waals surface area contributed by atoms with Crippen LogP contribution in [0.15, 0.2) is 0 Å². The molecule has 0 aliphatic rings. The summed E-state index contributed by atoms with van der Waals surface area (Å²) in [6.07, 6.45) is 1.87. The molecular weight excluding hydrogens is 212 g/mol. The summed E-state index contributed by atoms with van der Waals surface area (Å²) in [7, 11) is -3.22. The topological polar surface area (TPSA) is 63.4 Å². The molecule has 15 heavy (non-hydrogen) atoms. The van der Waals surface area contributed by atoms with Gasteiger partial charge in [-0.15, -0.1) is 0 Å². The zero-order valence-electron chi connectivity index (χ0n) is 10.3. The van der Waals surface area contributed by atoms with Gasteiger partial charge in [0.25, 0.3) is 0 Å². The van der Waals surface area contributed by atoms with Crippen LogP contribution in [0.1, 0.15) is 40.5 Å². The molecule has 0 bridgehead atoms. The van der Waals surface area contributed by atoms with Crippen molar-refractivity contribution in [2.75, 3.05) is 19.6 Å². The summed E-state index contributed by atoms with van der Waals surface area (Å²) in [5, 5.41) is 0. The van der Waals surface area contributed by atoms with Crippen LogP contribution in [-0.2, 0) is 10.0 Å². The van der Waals surface area contributed by atoms with E-state index in [2.05, 4.69) is 0 Å². The predicted molar refractivity (Wildman–Crippen MR) is 64.2 cm³/mol. The standard InChI is InChI=1S/C10H24N2O2S/c1-5-6-8-12(9-7-11)15(13,14)10(2,3)4/h5-9,11H2,1-4H3. The van der Waals surface area contributed by atoms with Gasteiger partial charge in [0.05, 0.1) is 4.75 Å². The van der Waals surface area contributed by atoms with Crippen LogP contribution in [0.4, 0.5) is 0 Å². The minimum atomic E-state index is -3.22. The average molecular weight is 236 g/mol. The normalized spacial score (nSPS) is 13.5. The maximum Gasteiger partial charge on any atom is 0.219 e. The summed E-state index contributed by atoms with van der Waals surface area (Å²) >= 11 is 0. The van der Waals surface area contributed by atoms with E-state index >= 15 is 0 Å². The highest BCUT2D eigenvalue weighted by atomic mass is 32.2. The Bertz CT molecular complexity index is 268. The lowest BCUT2D eigenvalue weighted by molar-refractivity contribution is 0.394. The summed E-state index contributed by atoms with van der Waals surface area (Å²) in [5.74, 6) is 0. The SMILES string of the molecule is CCCCN(CCN)S(=O)(=O)C(C)(C)C. The van der Waals surface area contributed by atoms with Crippen molar-refractivity contribution in [2.45, 2.75) is 45.3 Å². The third kappa shape index (κ3) is 4.09. The van der Waals surface area contributed by atoms with E-state index in [0.717, 1.165) is 12.8 Å². The van der Waals surface area contributed by atoms with Gasteiger partial charge >= 0.3 is 0 Å². The highest BCUT2D eigenvalue weighted by Crippen LogP contribution is 2.20. The van der Waals surface area contributed by atoms with Crippen LogP contribution >= 0.6 is 0 Å². The largest absolute Gasteiger partial charge is 0.329 e. The summed E-state index contributed by atoms with van der Waals surface area (Å²) in [6, 6.07) is 0. The van der Waals surface area contributed by atoms with E-state index in [1.165, 1.54) is 4.31 Å². The van der Waals surface area contributed by atoms with E-state index in [4.69, 9.17) is 5.73 Å². The van der Waals surface area contributed by atoms with Crippen molar-refractivity contribution in [1.29, 1.82) is 0 Å². The Balaban J connectivity index is 4.75. The van der Waals surface area contributed by atoms with Gasteiger partial charge in [-0.1, -0.05) is 13.3 Å². The van der Waals surface area contributed by atoms with Crippen molar-refractivity contribution in [3.63, 3.8) is 0 Å². The minimum Gasteiger partial charge on any atom is -0.329 e. The molecule has 4 nitrogen and oxygen atoms in total. The number of rotatable bonds is 6. The molecule has 0 heterocycles. The summed E-state index contributed by atoms with van der Waals surface area (Å²) in [6.45, 7) is 8.57. The van der Waals surface area contributed by atoms with Gasteiger partial charge in [0, 0.05) is 19.6 Å². The zero-order valence-corrected chi connectivity index (χ0v) is 11.1. The first kappa shape index (κ1) is 14.9. The molecule has 0 aromatic rings. The first-order valence-electron chi connectivity index (χ1n) is 5.47. The van der Waals surface area contributed by atoms with Crippen molar-refractivity contribution in [3.8, 4) is 0 Å². The summed E-state index contributed by atoms with van der Waals surface area (Å²) in [4.78, 5) is 0. The van der Waals surface area contributed by atoms with Crippen LogP contribution in [0.2, 0.25) is 0 Å². The molecule has 0 saturated carbocycles. The smallest absolute Gasteiger partial charge is 0.219 e. The number of nitrogens with zero attached hydrogens (tertiary/aromatic N) is 1. The molecule has 0 radical (unpaired) electrons. The highest BCUT2D eigenvalue weighted by molar-refractivity contribution is 7.90. The fourth-order valence-corrected chi connectivity index (χ4v) is 2.71. The van der Waals surface area contributed by atoms with E-state index in [1.54, 1.807) is 20.8 Å².